The Morgan fingerprint density at radius 3 is 2.71 bits per heavy atom. The van der Waals surface area contributed by atoms with E-state index in [4.69, 9.17) is 0 Å². The zero-order valence-electron chi connectivity index (χ0n) is 17.2. The number of fused-ring (bicyclic) bond motifs is 2. The van der Waals surface area contributed by atoms with Gasteiger partial charge in [0.2, 0.25) is 0 Å². The zero-order chi connectivity index (χ0) is 20.0. The summed E-state index contributed by atoms with van der Waals surface area (Å²) in [5.74, 6) is 0.537. The molecular weight excluding hydrogens is 344 g/mol. The van der Waals surface area contributed by atoms with Crippen molar-refractivity contribution in [2.24, 2.45) is 0 Å². The molecule has 28 heavy (non-hydrogen) atoms. The molecule has 1 aliphatic heterocycles. The van der Waals surface area contributed by atoms with Crippen LogP contribution in [0.5, 0.6) is 0 Å². The van der Waals surface area contributed by atoms with Crippen molar-refractivity contribution >= 4 is 22.5 Å². The highest BCUT2D eigenvalue weighted by Crippen LogP contribution is 2.36. The molecule has 1 aliphatic rings. The highest BCUT2D eigenvalue weighted by atomic mass is 16.2. The van der Waals surface area contributed by atoms with E-state index >= 15 is 0 Å². The highest BCUT2D eigenvalue weighted by molar-refractivity contribution is 6.11. The van der Waals surface area contributed by atoms with Gasteiger partial charge in [0.25, 0.3) is 5.91 Å². The predicted molar refractivity (Wildman–Crippen MR) is 117 cm³/mol. The SMILES string of the molecule is C=CCn1c(C(=O)N2c3ccccc3CC2C)c(C)c2cc(C(C)C)ccc21. The van der Waals surface area contributed by atoms with Crippen molar-refractivity contribution in [3.05, 3.63) is 77.5 Å². The van der Waals surface area contributed by atoms with Crippen LogP contribution in [0, 0.1) is 6.92 Å². The van der Waals surface area contributed by atoms with Crippen LogP contribution < -0.4 is 4.90 Å². The Morgan fingerprint density at radius 1 is 1.25 bits per heavy atom. The van der Waals surface area contributed by atoms with Crippen LogP contribution in [0.25, 0.3) is 10.9 Å². The van der Waals surface area contributed by atoms with E-state index in [1.807, 2.05) is 23.1 Å². The van der Waals surface area contributed by atoms with E-state index in [2.05, 4.69) is 69.2 Å². The van der Waals surface area contributed by atoms with Gasteiger partial charge in [-0.25, -0.2) is 0 Å². The summed E-state index contributed by atoms with van der Waals surface area (Å²) in [6.07, 6.45) is 2.77. The minimum absolute atomic E-state index is 0.0825. The molecule has 0 saturated carbocycles. The lowest BCUT2D eigenvalue weighted by Gasteiger charge is -2.24. The molecule has 1 unspecified atom stereocenters. The van der Waals surface area contributed by atoms with Crippen molar-refractivity contribution in [2.75, 3.05) is 4.90 Å². The minimum Gasteiger partial charge on any atom is -0.332 e. The Labute approximate surface area is 167 Å². The highest BCUT2D eigenvalue weighted by Gasteiger charge is 2.34. The van der Waals surface area contributed by atoms with Crippen LogP contribution in [0.1, 0.15) is 53.9 Å². The average molecular weight is 373 g/mol. The molecule has 0 saturated heterocycles. The van der Waals surface area contributed by atoms with Gasteiger partial charge in [0, 0.05) is 29.2 Å². The first-order valence-electron chi connectivity index (χ1n) is 10.1. The maximum Gasteiger partial charge on any atom is 0.275 e. The molecule has 4 rings (SSSR count). The van der Waals surface area contributed by atoms with Crippen molar-refractivity contribution < 1.29 is 4.79 Å². The molecule has 0 radical (unpaired) electrons. The largest absolute Gasteiger partial charge is 0.332 e. The van der Waals surface area contributed by atoms with Crippen molar-refractivity contribution in [3.8, 4) is 0 Å². The number of anilines is 1. The maximum absolute atomic E-state index is 13.8. The fraction of sp³-hybridized carbons (Fsp3) is 0.320. The third-order valence-electron chi connectivity index (χ3n) is 5.95. The third kappa shape index (κ3) is 2.77. The molecule has 3 nitrogen and oxygen atoms in total. The molecule has 0 fully saturated rings. The van der Waals surface area contributed by atoms with E-state index < -0.39 is 0 Å². The lowest BCUT2D eigenvalue weighted by molar-refractivity contribution is 0.0973. The molecule has 1 aromatic heterocycles. The van der Waals surface area contributed by atoms with Gasteiger partial charge in [-0.05, 0) is 61.1 Å². The molecule has 1 atom stereocenters. The fourth-order valence-corrected chi connectivity index (χ4v) is 4.48. The molecule has 0 aliphatic carbocycles. The number of aromatic nitrogens is 1. The Bertz CT molecular complexity index is 1070. The van der Waals surface area contributed by atoms with E-state index in [-0.39, 0.29) is 11.9 Å². The van der Waals surface area contributed by atoms with Crippen molar-refractivity contribution in [3.63, 3.8) is 0 Å². The Balaban J connectivity index is 1.90. The molecule has 2 aromatic carbocycles. The number of carbonyl (C=O) groups excluding carboxylic acids is 1. The number of carbonyl (C=O) groups is 1. The first kappa shape index (κ1) is 18.5. The van der Waals surface area contributed by atoms with Crippen molar-refractivity contribution in [1.29, 1.82) is 0 Å². The average Bonchev–Trinajstić information content (AvgIpc) is 3.15. The van der Waals surface area contributed by atoms with Crippen molar-refractivity contribution in [1.82, 2.24) is 4.57 Å². The molecular formula is C25H28N2O. The summed E-state index contributed by atoms with van der Waals surface area (Å²) in [5, 5.41) is 1.16. The number of para-hydroxylation sites is 1. The van der Waals surface area contributed by atoms with Crippen LogP contribution in [0.3, 0.4) is 0 Å². The monoisotopic (exact) mass is 372 g/mol. The third-order valence-corrected chi connectivity index (χ3v) is 5.95. The van der Waals surface area contributed by atoms with E-state index in [0.29, 0.717) is 12.5 Å². The van der Waals surface area contributed by atoms with E-state index in [1.165, 1.54) is 11.1 Å². The summed E-state index contributed by atoms with van der Waals surface area (Å²) in [7, 11) is 0. The summed E-state index contributed by atoms with van der Waals surface area (Å²) in [6.45, 7) is 13.1. The zero-order valence-corrected chi connectivity index (χ0v) is 17.2. The number of allylic oxidation sites excluding steroid dienone is 1. The van der Waals surface area contributed by atoms with Gasteiger partial charge in [-0.15, -0.1) is 6.58 Å². The first-order chi connectivity index (χ1) is 13.4. The van der Waals surface area contributed by atoms with Crippen LogP contribution in [0.15, 0.2) is 55.1 Å². The van der Waals surface area contributed by atoms with Gasteiger partial charge < -0.3 is 9.47 Å². The summed E-state index contributed by atoms with van der Waals surface area (Å²) >= 11 is 0. The molecule has 0 N–H and O–H groups in total. The molecule has 1 amide bonds. The molecule has 0 bridgehead atoms. The van der Waals surface area contributed by atoms with E-state index in [0.717, 1.165) is 34.3 Å². The van der Waals surface area contributed by atoms with Gasteiger partial charge in [-0.2, -0.15) is 0 Å². The van der Waals surface area contributed by atoms with E-state index in [1.54, 1.807) is 0 Å². The van der Waals surface area contributed by atoms with Crippen LogP contribution in [-0.2, 0) is 13.0 Å². The van der Waals surface area contributed by atoms with Crippen LogP contribution in [0.4, 0.5) is 5.69 Å². The number of amides is 1. The molecule has 2 heterocycles. The summed E-state index contributed by atoms with van der Waals surface area (Å²) in [6, 6.07) is 15.0. The number of hydrogen-bond donors (Lipinski definition) is 0. The minimum atomic E-state index is 0.0825. The smallest absolute Gasteiger partial charge is 0.275 e. The van der Waals surface area contributed by atoms with Crippen LogP contribution in [-0.4, -0.2) is 16.5 Å². The molecule has 144 valence electrons. The number of aryl methyl sites for hydroxylation is 1. The predicted octanol–water partition coefficient (Wildman–Crippen LogP) is 5.85. The quantitative estimate of drug-likeness (QED) is 0.527. The van der Waals surface area contributed by atoms with Gasteiger partial charge in [0.15, 0.2) is 0 Å². The van der Waals surface area contributed by atoms with Gasteiger partial charge in [0.05, 0.1) is 0 Å². The van der Waals surface area contributed by atoms with Gasteiger partial charge in [0.1, 0.15) is 5.69 Å². The Morgan fingerprint density at radius 2 is 2.00 bits per heavy atom. The molecule has 3 aromatic rings. The number of hydrogen-bond acceptors (Lipinski definition) is 1. The van der Waals surface area contributed by atoms with Crippen molar-refractivity contribution in [2.45, 2.75) is 52.6 Å². The second-order valence-electron chi connectivity index (χ2n) is 8.16. The second-order valence-corrected chi connectivity index (χ2v) is 8.16. The van der Waals surface area contributed by atoms with Gasteiger partial charge >= 0.3 is 0 Å². The molecule has 3 heteroatoms. The van der Waals surface area contributed by atoms with Crippen LogP contribution >= 0.6 is 0 Å². The summed E-state index contributed by atoms with van der Waals surface area (Å²) < 4.78 is 2.12. The molecule has 0 spiro atoms. The normalized spacial score (nSPS) is 16.0. The maximum atomic E-state index is 13.8. The first-order valence-corrected chi connectivity index (χ1v) is 10.1. The van der Waals surface area contributed by atoms with E-state index in [9.17, 15) is 4.79 Å². The topological polar surface area (TPSA) is 25.2 Å². The summed E-state index contributed by atoms with van der Waals surface area (Å²) in [4.78, 5) is 15.8. The lowest BCUT2D eigenvalue weighted by atomic mass is 10.0. The number of rotatable bonds is 4. The van der Waals surface area contributed by atoms with Crippen LogP contribution in [0.2, 0.25) is 0 Å². The van der Waals surface area contributed by atoms with Gasteiger partial charge in [-0.1, -0.05) is 44.2 Å². The number of nitrogens with zero attached hydrogens (tertiary/aromatic N) is 2. The second kappa shape index (κ2) is 6.97. The number of benzene rings is 2. The standard InChI is InChI=1S/C25H28N2O/c1-6-13-26-23-12-11-19(16(2)3)15-21(23)18(5)24(26)25(28)27-17(4)14-20-9-7-8-10-22(20)27/h6-12,15-17H,1,13-14H2,2-5H3. The Hall–Kier alpha value is -2.81. The summed E-state index contributed by atoms with van der Waals surface area (Å²) in [5.41, 5.74) is 6.52. The fourth-order valence-electron chi connectivity index (χ4n) is 4.48. The Kier molecular flexibility index (Phi) is 4.62. The lowest BCUT2D eigenvalue weighted by Crippen LogP contribution is -2.37. The van der Waals surface area contributed by atoms with Gasteiger partial charge in [-0.3, -0.25) is 4.79 Å².